The van der Waals surface area contributed by atoms with E-state index < -0.39 is 0 Å². The van der Waals surface area contributed by atoms with Crippen LogP contribution in [0.4, 0.5) is 11.4 Å². The molecule has 0 atom stereocenters. The number of nitrogen functional groups attached to an aromatic ring is 1. The van der Waals surface area contributed by atoms with Crippen LogP contribution in [0.25, 0.3) is 0 Å². The van der Waals surface area contributed by atoms with Crippen molar-refractivity contribution in [3.8, 4) is 5.75 Å². The summed E-state index contributed by atoms with van der Waals surface area (Å²) in [6, 6.07) is 14.3. The van der Waals surface area contributed by atoms with E-state index in [1.54, 1.807) is 43.3 Å². The molecule has 7 nitrogen and oxygen atoms in total. The van der Waals surface area contributed by atoms with Gasteiger partial charge in [-0.1, -0.05) is 12.1 Å². The molecule has 2 aromatic rings. The number of anilines is 2. The lowest BCUT2D eigenvalue weighted by Crippen LogP contribution is -2.21. The molecule has 0 radical (unpaired) electrons. The van der Waals surface area contributed by atoms with Gasteiger partial charge in [0, 0.05) is 24.2 Å². The molecule has 2 aromatic carbocycles. The molecule has 0 saturated carbocycles. The molecule has 2 rings (SSSR count). The summed E-state index contributed by atoms with van der Waals surface area (Å²) in [6.07, 6.45) is 0.0997. The summed E-state index contributed by atoms with van der Waals surface area (Å²) >= 11 is 0. The summed E-state index contributed by atoms with van der Waals surface area (Å²) in [6.45, 7) is 4.26. The van der Waals surface area contributed by atoms with Gasteiger partial charge in [-0.3, -0.25) is 9.59 Å². The fourth-order valence-corrected chi connectivity index (χ4v) is 2.28. The highest BCUT2D eigenvalue weighted by Gasteiger charge is 2.07. The van der Waals surface area contributed by atoms with Gasteiger partial charge in [-0.15, -0.1) is 0 Å². The Bertz CT molecular complexity index is 816. The lowest BCUT2D eigenvalue weighted by Gasteiger charge is -2.07. The smallest absolute Gasteiger partial charge is 0.240 e. The first-order valence-corrected chi connectivity index (χ1v) is 8.69. The van der Waals surface area contributed by atoms with E-state index in [1.165, 1.54) is 0 Å². The van der Waals surface area contributed by atoms with Crippen LogP contribution >= 0.6 is 0 Å². The number of carbonyl (C=O) groups excluding carboxylic acids is 2. The molecule has 2 amide bonds. The van der Waals surface area contributed by atoms with Crippen LogP contribution in [-0.4, -0.2) is 24.1 Å². The van der Waals surface area contributed by atoms with E-state index in [0.29, 0.717) is 23.7 Å². The average Bonchev–Trinajstić information content (AvgIpc) is 2.66. The summed E-state index contributed by atoms with van der Waals surface area (Å²) in [5.74, 6) is 0.161. The van der Waals surface area contributed by atoms with Gasteiger partial charge in [-0.05, 0) is 55.8 Å². The van der Waals surface area contributed by atoms with Crippen molar-refractivity contribution >= 4 is 28.9 Å². The third-order valence-electron chi connectivity index (χ3n) is 3.68. The monoisotopic (exact) mass is 368 g/mol. The van der Waals surface area contributed by atoms with Crippen LogP contribution < -0.4 is 21.2 Å². The first-order chi connectivity index (χ1) is 13.0. The number of nitrogens with one attached hydrogen (secondary N) is 2. The Labute approximate surface area is 158 Å². The van der Waals surface area contributed by atoms with Crippen molar-refractivity contribution in [3.63, 3.8) is 0 Å². The SMILES string of the molecule is CCOc1ccc(NC(=O)CCC(=O)NN=C(C)c2cccc(N)c2)cc1. The number of rotatable bonds is 8. The molecule has 0 aliphatic carbocycles. The Balaban J connectivity index is 1.77. The van der Waals surface area contributed by atoms with Crippen molar-refractivity contribution in [1.29, 1.82) is 0 Å². The standard InChI is InChI=1S/C20H24N4O3/c1-3-27-18-9-7-17(8-10-18)22-19(25)11-12-20(26)24-23-14(2)15-5-4-6-16(21)13-15/h4-10,13H,3,11-12,21H2,1-2H3,(H,22,25)(H,24,26). The first kappa shape index (κ1) is 20.0. The van der Waals surface area contributed by atoms with E-state index in [9.17, 15) is 9.59 Å². The molecule has 142 valence electrons. The highest BCUT2D eigenvalue weighted by molar-refractivity contribution is 6.00. The Hall–Kier alpha value is -3.35. The highest BCUT2D eigenvalue weighted by Crippen LogP contribution is 2.15. The molecule has 0 aliphatic heterocycles. The van der Waals surface area contributed by atoms with E-state index in [-0.39, 0.29) is 24.7 Å². The Morgan fingerprint density at radius 2 is 1.78 bits per heavy atom. The summed E-state index contributed by atoms with van der Waals surface area (Å²) in [5.41, 5.74) is 10.9. The van der Waals surface area contributed by atoms with Gasteiger partial charge < -0.3 is 15.8 Å². The Morgan fingerprint density at radius 1 is 1.07 bits per heavy atom. The van der Waals surface area contributed by atoms with E-state index in [4.69, 9.17) is 10.5 Å². The molecule has 0 heterocycles. The van der Waals surface area contributed by atoms with Crippen LogP contribution in [0.3, 0.4) is 0 Å². The fourth-order valence-electron chi connectivity index (χ4n) is 2.28. The maximum Gasteiger partial charge on any atom is 0.240 e. The van der Waals surface area contributed by atoms with E-state index >= 15 is 0 Å². The van der Waals surface area contributed by atoms with Gasteiger partial charge in [0.1, 0.15) is 5.75 Å². The van der Waals surface area contributed by atoms with Gasteiger partial charge in [-0.2, -0.15) is 5.10 Å². The zero-order chi connectivity index (χ0) is 19.6. The second-order valence-electron chi connectivity index (χ2n) is 5.86. The molecule has 7 heteroatoms. The normalized spacial score (nSPS) is 11.0. The number of hydrazone groups is 1. The van der Waals surface area contributed by atoms with Crippen LogP contribution in [0.5, 0.6) is 5.75 Å². The minimum absolute atomic E-state index is 0.0383. The molecular weight excluding hydrogens is 344 g/mol. The molecule has 0 saturated heterocycles. The third-order valence-corrected chi connectivity index (χ3v) is 3.68. The average molecular weight is 368 g/mol. The number of carbonyl (C=O) groups is 2. The van der Waals surface area contributed by atoms with E-state index in [0.717, 1.165) is 11.3 Å². The number of hydrogen-bond donors (Lipinski definition) is 3. The molecule has 0 bridgehead atoms. The molecule has 4 N–H and O–H groups in total. The summed E-state index contributed by atoms with van der Waals surface area (Å²) in [7, 11) is 0. The van der Waals surface area contributed by atoms with Crippen molar-refractivity contribution in [2.24, 2.45) is 5.10 Å². The molecule has 0 spiro atoms. The Kier molecular flexibility index (Phi) is 7.37. The minimum Gasteiger partial charge on any atom is -0.494 e. The van der Waals surface area contributed by atoms with Gasteiger partial charge in [0.2, 0.25) is 11.8 Å². The fraction of sp³-hybridized carbons (Fsp3) is 0.250. The van der Waals surface area contributed by atoms with Crippen LogP contribution in [0.1, 0.15) is 32.3 Å². The third kappa shape index (κ3) is 6.81. The maximum absolute atomic E-state index is 12.0. The van der Waals surface area contributed by atoms with Crippen molar-refractivity contribution in [3.05, 3.63) is 54.1 Å². The quantitative estimate of drug-likeness (QED) is 0.378. The van der Waals surface area contributed by atoms with Crippen molar-refractivity contribution in [1.82, 2.24) is 5.43 Å². The van der Waals surface area contributed by atoms with Crippen LogP contribution in [0, 0.1) is 0 Å². The highest BCUT2D eigenvalue weighted by atomic mass is 16.5. The zero-order valence-corrected chi connectivity index (χ0v) is 15.5. The predicted molar refractivity (Wildman–Crippen MR) is 107 cm³/mol. The van der Waals surface area contributed by atoms with Gasteiger partial charge in [-0.25, -0.2) is 5.43 Å². The topological polar surface area (TPSA) is 106 Å². The van der Waals surface area contributed by atoms with Crippen molar-refractivity contribution in [2.45, 2.75) is 26.7 Å². The lowest BCUT2D eigenvalue weighted by molar-refractivity contribution is -0.124. The number of nitrogens with two attached hydrogens (primary N) is 1. The number of benzene rings is 2. The predicted octanol–water partition coefficient (Wildman–Crippen LogP) is 2.93. The number of nitrogens with zero attached hydrogens (tertiary/aromatic N) is 1. The van der Waals surface area contributed by atoms with E-state index in [2.05, 4.69) is 15.8 Å². The number of amides is 2. The second-order valence-corrected chi connectivity index (χ2v) is 5.86. The second kappa shape index (κ2) is 9.96. The van der Waals surface area contributed by atoms with Crippen LogP contribution in [0.15, 0.2) is 53.6 Å². The van der Waals surface area contributed by atoms with Crippen molar-refractivity contribution < 1.29 is 14.3 Å². The zero-order valence-electron chi connectivity index (χ0n) is 15.5. The van der Waals surface area contributed by atoms with Crippen LogP contribution in [0.2, 0.25) is 0 Å². The summed E-state index contributed by atoms with van der Waals surface area (Å²) in [4.78, 5) is 23.8. The summed E-state index contributed by atoms with van der Waals surface area (Å²) in [5, 5.41) is 6.78. The lowest BCUT2D eigenvalue weighted by atomic mass is 10.1. The van der Waals surface area contributed by atoms with Crippen LogP contribution in [-0.2, 0) is 9.59 Å². The first-order valence-electron chi connectivity index (χ1n) is 8.69. The van der Waals surface area contributed by atoms with E-state index in [1.807, 2.05) is 19.1 Å². The summed E-state index contributed by atoms with van der Waals surface area (Å²) < 4.78 is 5.34. The Morgan fingerprint density at radius 3 is 2.44 bits per heavy atom. The minimum atomic E-state index is -0.333. The molecular formula is C20H24N4O3. The molecule has 27 heavy (non-hydrogen) atoms. The van der Waals surface area contributed by atoms with Gasteiger partial charge in [0.25, 0.3) is 0 Å². The molecule has 0 fully saturated rings. The van der Waals surface area contributed by atoms with Gasteiger partial charge in [0.15, 0.2) is 0 Å². The van der Waals surface area contributed by atoms with Crippen molar-refractivity contribution in [2.75, 3.05) is 17.7 Å². The number of ether oxygens (including phenoxy) is 1. The van der Waals surface area contributed by atoms with Gasteiger partial charge >= 0.3 is 0 Å². The van der Waals surface area contributed by atoms with Gasteiger partial charge in [0.05, 0.1) is 12.3 Å². The largest absolute Gasteiger partial charge is 0.494 e. The molecule has 0 unspecified atom stereocenters. The molecule has 0 aliphatic rings. The number of hydrogen-bond acceptors (Lipinski definition) is 5. The molecule has 0 aromatic heterocycles. The maximum atomic E-state index is 12.0.